The van der Waals surface area contributed by atoms with Gasteiger partial charge in [-0.1, -0.05) is 18.2 Å². The number of fused-ring (bicyclic) bond motifs is 1. The molecular weight excluding hydrogens is 190 g/mol. The van der Waals surface area contributed by atoms with Crippen molar-refractivity contribution < 1.29 is 9.90 Å². The number of carbonyl (C=O) groups is 1. The average Bonchev–Trinajstić information content (AvgIpc) is 2.17. The quantitative estimate of drug-likeness (QED) is 0.708. The summed E-state index contributed by atoms with van der Waals surface area (Å²) in [5, 5.41) is 9.12. The highest BCUT2D eigenvalue weighted by Crippen LogP contribution is 2.33. The Balaban J connectivity index is 2.57. The van der Waals surface area contributed by atoms with Crippen molar-refractivity contribution in [3.8, 4) is 0 Å². The highest BCUT2D eigenvalue weighted by Gasteiger charge is 2.35. The van der Waals surface area contributed by atoms with E-state index in [1.54, 1.807) is 6.08 Å². The van der Waals surface area contributed by atoms with E-state index in [-0.39, 0.29) is 0 Å². The summed E-state index contributed by atoms with van der Waals surface area (Å²) < 4.78 is 0.311. The first-order valence-corrected chi connectivity index (χ1v) is 4.90. The molecule has 0 unspecified atom stereocenters. The largest absolute Gasteiger partial charge is 0.474 e. The topological polar surface area (TPSA) is 37.3 Å². The molecule has 1 aromatic carbocycles. The second-order valence-corrected chi connectivity index (χ2v) is 4.18. The molecule has 1 aliphatic rings. The highest BCUT2D eigenvalue weighted by molar-refractivity contribution is 5.90. The summed E-state index contributed by atoms with van der Waals surface area (Å²) in [7, 11) is 3.80. The molecule has 0 atom stereocenters. The van der Waals surface area contributed by atoms with E-state index in [2.05, 4.69) is 0 Å². The van der Waals surface area contributed by atoms with Gasteiger partial charge in [0.1, 0.15) is 5.69 Å². The van der Waals surface area contributed by atoms with Crippen LogP contribution >= 0.6 is 0 Å². The summed E-state index contributed by atoms with van der Waals surface area (Å²) in [4.78, 5) is 11.1. The van der Waals surface area contributed by atoms with Gasteiger partial charge >= 0.3 is 5.97 Å². The summed E-state index contributed by atoms with van der Waals surface area (Å²) >= 11 is 0. The fourth-order valence-electron chi connectivity index (χ4n) is 2.12. The molecule has 3 heteroatoms. The Morgan fingerprint density at radius 3 is 2.67 bits per heavy atom. The Bertz CT molecular complexity index is 447. The van der Waals surface area contributed by atoms with Gasteiger partial charge in [-0.3, -0.25) is 4.48 Å². The molecular formula is C12H14NO2+. The molecule has 1 heterocycles. The van der Waals surface area contributed by atoms with Gasteiger partial charge in [-0.05, 0) is 12.1 Å². The van der Waals surface area contributed by atoms with E-state index in [1.807, 2.05) is 38.4 Å². The van der Waals surface area contributed by atoms with Gasteiger partial charge in [0.25, 0.3) is 0 Å². The van der Waals surface area contributed by atoms with Gasteiger partial charge in [0.15, 0.2) is 0 Å². The van der Waals surface area contributed by atoms with Crippen LogP contribution in [0, 0.1) is 0 Å². The predicted molar refractivity (Wildman–Crippen MR) is 59.5 cm³/mol. The van der Waals surface area contributed by atoms with E-state index >= 15 is 0 Å². The molecule has 0 bridgehead atoms. The zero-order chi connectivity index (χ0) is 11.1. The molecule has 3 nitrogen and oxygen atoms in total. The first-order chi connectivity index (χ1) is 7.03. The Kier molecular flexibility index (Phi) is 2.12. The Labute approximate surface area is 88.9 Å². The summed E-state index contributed by atoms with van der Waals surface area (Å²) in [6.07, 6.45) is 2.50. The van der Waals surface area contributed by atoms with Crippen LogP contribution in [0.25, 0.3) is 0 Å². The van der Waals surface area contributed by atoms with Gasteiger partial charge in [0.05, 0.1) is 14.1 Å². The number of hydrogen-bond acceptors (Lipinski definition) is 1. The fraction of sp³-hybridized carbons (Fsp3) is 0.250. The van der Waals surface area contributed by atoms with Gasteiger partial charge in [0.2, 0.25) is 5.70 Å². The number of carboxylic acid groups (broad SMARTS) is 1. The maximum absolute atomic E-state index is 11.1. The number of para-hydroxylation sites is 1. The molecule has 0 aromatic heterocycles. The molecule has 15 heavy (non-hydrogen) atoms. The minimum atomic E-state index is -0.838. The number of aliphatic carboxylic acids is 1. The van der Waals surface area contributed by atoms with Crippen LogP contribution in [0.4, 0.5) is 5.69 Å². The first-order valence-electron chi connectivity index (χ1n) is 4.90. The number of allylic oxidation sites excluding steroid dienone is 1. The molecule has 2 rings (SSSR count). The molecule has 1 N–H and O–H groups in total. The molecule has 0 spiro atoms. The Hall–Kier alpha value is -1.61. The maximum atomic E-state index is 11.1. The van der Waals surface area contributed by atoms with Crippen molar-refractivity contribution in [1.82, 2.24) is 4.48 Å². The van der Waals surface area contributed by atoms with Crippen molar-refractivity contribution in [2.24, 2.45) is 0 Å². The van der Waals surface area contributed by atoms with Gasteiger partial charge in [-0.15, -0.1) is 0 Å². The summed E-state index contributed by atoms with van der Waals surface area (Å²) in [5.74, 6) is -0.838. The lowest BCUT2D eigenvalue weighted by molar-refractivity contribution is -0.134. The van der Waals surface area contributed by atoms with Crippen LogP contribution in [0.5, 0.6) is 0 Å². The smallest absolute Gasteiger partial charge is 0.390 e. The Morgan fingerprint density at radius 2 is 2.00 bits per heavy atom. The first kappa shape index (κ1) is 9.93. The second kappa shape index (κ2) is 3.21. The van der Waals surface area contributed by atoms with Crippen molar-refractivity contribution >= 4 is 11.7 Å². The molecule has 0 saturated heterocycles. The molecule has 0 saturated carbocycles. The van der Waals surface area contributed by atoms with Crippen LogP contribution in [-0.2, 0) is 11.2 Å². The number of likely N-dealkylation sites (N-methyl/N-ethyl adjacent to an activating group) is 1. The van der Waals surface area contributed by atoms with Crippen LogP contribution in [0.2, 0.25) is 0 Å². The number of quaternary nitrogens is 1. The number of carboxylic acids is 1. The van der Waals surface area contributed by atoms with E-state index in [4.69, 9.17) is 5.11 Å². The van der Waals surface area contributed by atoms with Crippen LogP contribution in [-0.4, -0.2) is 25.2 Å². The number of nitrogens with zero attached hydrogens (tertiary/aromatic N) is 1. The number of hydrogen-bond donors (Lipinski definition) is 1. The van der Waals surface area contributed by atoms with Crippen LogP contribution in [0.1, 0.15) is 5.56 Å². The molecule has 0 fully saturated rings. The van der Waals surface area contributed by atoms with Gasteiger partial charge in [-0.25, -0.2) is 4.79 Å². The zero-order valence-corrected chi connectivity index (χ0v) is 8.90. The molecule has 1 aliphatic heterocycles. The normalized spacial score (nSPS) is 17.9. The van der Waals surface area contributed by atoms with Gasteiger partial charge in [0, 0.05) is 12.0 Å². The van der Waals surface area contributed by atoms with Crippen molar-refractivity contribution in [1.29, 1.82) is 0 Å². The third-order valence-corrected chi connectivity index (χ3v) is 2.93. The van der Waals surface area contributed by atoms with Gasteiger partial charge < -0.3 is 5.11 Å². The van der Waals surface area contributed by atoms with Crippen molar-refractivity contribution in [3.05, 3.63) is 41.6 Å². The molecule has 78 valence electrons. The molecule has 1 aromatic rings. The third-order valence-electron chi connectivity index (χ3n) is 2.93. The zero-order valence-electron chi connectivity index (χ0n) is 8.90. The van der Waals surface area contributed by atoms with Crippen molar-refractivity contribution in [2.45, 2.75) is 6.42 Å². The second-order valence-electron chi connectivity index (χ2n) is 4.18. The van der Waals surface area contributed by atoms with E-state index in [0.29, 0.717) is 16.6 Å². The third kappa shape index (κ3) is 1.45. The number of rotatable bonds is 1. The standard InChI is InChI=1S/C12H13NO2/c1-13(2)10-6-4-3-5-9(10)7-8-11(13)12(14)15/h3-6,8H,7H2,1-2H3/p+1. The lowest BCUT2D eigenvalue weighted by Crippen LogP contribution is -2.44. The monoisotopic (exact) mass is 204 g/mol. The van der Waals surface area contributed by atoms with Gasteiger partial charge in [-0.2, -0.15) is 0 Å². The molecule has 0 aliphatic carbocycles. The van der Waals surface area contributed by atoms with Crippen LogP contribution in [0.15, 0.2) is 36.0 Å². The maximum Gasteiger partial charge on any atom is 0.390 e. The number of benzene rings is 1. The van der Waals surface area contributed by atoms with Crippen molar-refractivity contribution in [3.63, 3.8) is 0 Å². The lowest BCUT2D eigenvalue weighted by Gasteiger charge is -2.33. The molecule has 0 amide bonds. The summed E-state index contributed by atoms with van der Waals surface area (Å²) in [6, 6.07) is 7.97. The van der Waals surface area contributed by atoms with E-state index in [0.717, 1.165) is 5.69 Å². The lowest BCUT2D eigenvalue weighted by atomic mass is 10.0. The predicted octanol–water partition coefficient (Wildman–Crippen LogP) is 1.78. The summed E-state index contributed by atoms with van der Waals surface area (Å²) in [5.41, 5.74) is 2.71. The Morgan fingerprint density at radius 1 is 1.33 bits per heavy atom. The van der Waals surface area contributed by atoms with E-state index in [1.165, 1.54) is 5.56 Å². The van der Waals surface area contributed by atoms with E-state index < -0.39 is 5.97 Å². The fourth-order valence-corrected chi connectivity index (χ4v) is 2.12. The van der Waals surface area contributed by atoms with Crippen LogP contribution < -0.4 is 4.48 Å². The highest BCUT2D eigenvalue weighted by atomic mass is 16.4. The minimum Gasteiger partial charge on any atom is -0.474 e. The average molecular weight is 204 g/mol. The van der Waals surface area contributed by atoms with Crippen LogP contribution in [0.3, 0.4) is 0 Å². The SMILES string of the molecule is C[N+]1(C)C(C(=O)O)=CCc2ccccc21. The summed E-state index contributed by atoms with van der Waals surface area (Å²) in [6.45, 7) is 0. The minimum absolute atomic E-state index is 0.311. The van der Waals surface area contributed by atoms with E-state index in [9.17, 15) is 4.79 Å². The molecule has 0 radical (unpaired) electrons. The van der Waals surface area contributed by atoms with Crippen molar-refractivity contribution in [2.75, 3.05) is 14.1 Å².